The Labute approximate surface area is 104 Å². The fraction of sp³-hybridized carbons (Fsp3) is 0.385. The van der Waals surface area contributed by atoms with Crippen LogP contribution < -0.4 is 5.32 Å². The van der Waals surface area contributed by atoms with Crippen molar-refractivity contribution >= 4 is 11.7 Å². The molecule has 0 bridgehead atoms. The summed E-state index contributed by atoms with van der Waals surface area (Å²) in [6, 6.07) is 3.28. The Kier molecular flexibility index (Phi) is 4.95. The smallest absolute Gasteiger partial charge is 0.224 e. The first-order chi connectivity index (χ1) is 8.40. The minimum Gasteiger partial charge on any atom is -0.349 e. The molecule has 0 saturated carbocycles. The van der Waals surface area contributed by atoms with Gasteiger partial charge in [0, 0.05) is 5.92 Å². The fourth-order valence-electron chi connectivity index (χ4n) is 1.29. The molecule has 0 heterocycles. The Balaban J connectivity index is 2.49. The maximum atomic E-state index is 12.9. The van der Waals surface area contributed by atoms with Gasteiger partial charge in [0.15, 0.2) is 17.4 Å². The van der Waals surface area contributed by atoms with Gasteiger partial charge in [-0.1, -0.05) is 19.9 Å². The zero-order valence-electron chi connectivity index (χ0n) is 10.3. The third-order valence-corrected chi connectivity index (χ3v) is 2.45. The average molecular weight is 255 g/mol. The van der Waals surface area contributed by atoms with E-state index in [-0.39, 0.29) is 24.7 Å². The van der Waals surface area contributed by atoms with Crippen LogP contribution in [0.5, 0.6) is 0 Å². The Morgan fingerprint density at radius 2 is 1.89 bits per heavy atom. The number of carbonyl (C=O) groups is 2. The number of hydrogen-bond acceptors (Lipinski definition) is 2. The summed E-state index contributed by atoms with van der Waals surface area (Å²) in [7, 11) is 0. The van der Waals surface area contributed by atoms with Gasteiger partial charge in [0.05, 0.1) is 13.0 Å². The largest absolute Gasteiger partial charge is 0.349 e. The van der Waals surface area contributed by atoms with Gasteiger partial charge >= 0.3 is 0 Å². The molecule has 0 atom stereocenters. The third-order valence-electron chi connectivity index (χ3n) is 2.45. The van der Waals surface area contributed by atoms with Crippen molar-refractivity contribution in [2.24, 2.45) is 5.92 Å². The lowest BCUT2D eigenvalue weighted by Gasteiger charge is -2.06. The number of carbonyl (C=O) groups excluding carboxylic acids is 2. The highest BCUT2D eigenvalue weighted by molar-refractivity contribution is 5.87. The van der Waals surface area contributed by atoms with Gasteiger partial charge in [-0.15, -0.1) is 0 Å². The summed E-state index contributed by atoms with van der Waals surface area (Å²) >= 11 is 0. The predicted molar refractivity (Wildman–Crippen MR) is 62.9 cm³/mol. The van der Waals surface area contributed by atoms with Crippen LogP contribution in [0.4, 0.5) is 8.78 Å². The molecule has 1 N–H and O–H groups in total. The van der Waals surface area contributed by atoms with Crippen LogP contribution in [-0.4, -0.2) is 18.2 Å². The molecule has 0 unspecified atom stereocenters. The summed E-state index contributed by atoms with van der Waals surface area (Å²) < 4.78 is 25.5. The van der Waals surface area contributed by atoms with Gasteiger partial charge in [0.1, 0.15) is 0 Å². The van der Waals surface area contributed by atoms with Crippen LogP contribution in [0, 0.1) is 17.6 Å². The zero-order chi connectivity index (χ0) is 13.7. The van der Waals surface area contributed by atoms with Gasteiger partial charge in [-0.05, 0) is 17.7 Å². The lowest BCUT2D eigenvalue weighted by atomic mass is 10.1. The number of amides is 1. The molecule has 5 heteroatoms. The third kappa shape index (κ3) is 4.24. The van der Waals surface area contributed by atoms with E-state index in [1.54, 1.807) is 13.8 Å². The van der Waals surface area contributed by atoms with Crippen molar-refractivity contribution in [3.63, 3.8) is 0 Å². The molecule has 0 aliphatic rings. The van der Waals surface area contributed by atoms with E-state index >= 15 is 0 Å². The molecule has 0 aliphatic carbocycles. The standard InChI is InChI=1S/C13H15F2NO2/c1-8(2)12(17)7-16-13(18)6-9-3-4-10(14)11(15)5-9/h3-5,8H,6-7H2,1-2H3,(H,16,18). The second kappa shape index (κ2) is 6.23. The van der Waals surface area contributed by atoms with Crippen LogP contribution in [0.15, 0.2) is 18.2 Å². The van der Waals surface area contributed by atoms with Gasteiger partial charge in [-0.3, -0.25) is 9.59 Å². The first-order valence-electron chi connectivity index (χ1n) is 5.63. The molecule has 0 aromatic heterocycles. The number of Topliss-reactive ketones (excluding diaryl/α,β-unsaturated/α-hetero) is 1. The Morgan fingerprint density at radius 3 is 2.44 bits per heavy atom. The fourth-order valence-corrected chi connectivity index (χ4v) is 1.29. The maximum absolute atomic E-state index is 12.9. The van der Waals surface area contributed by atoms with E-state index in [0.717, 1.165) is 12.1 Å². The summed E-state index contributed by atoms with van der Waals surface area (Å²) in [6.07, 6.45) is -0.0808. The van der Waals surface area contributed by atoms with Gasteiger partial charge < -0.3 is 5.32 Å². The normalized spacial score (nSPS) is 10.5. The van der Waals surface area contributed by atoms with Crippen molar-refractivity contribution in [1.82, 2.24) is 5.32 Å². The molecule has 1 amide bonds. The van der Waals surface area contributed by atoms with Crippen molar-refractivity contribution in [2.75, 3.05) is 6.54 Å². The monoisotopic (exact) mass is 255 g/mol. The van der Waals surface area contributed by atoms with E-state index in [9.17, 15) is 18.4 Å². The Morgan fingerprint density at radius 1 is 1.22 bits per heavy atom. The van der Waals surface area contributed by atoms with Crippen molar-refractivity contribution in [3.05, 3.63) is 35.4 Å². The van der Waals surface area contributed by atoms with Crippen LogP contribution >= 0.6 is 0 Å². The Hall–Kier alpha value is -1.78. The van der Waals surface area contributed by atoms with Crippen molar-refractivity contribution in [1.29, 1.82) is 0 Å². The second-order valence-electron chi connectivity index (χ2n) is 4.32. The Bertz CT molecular complexity index is 458. The summed E-state index contributed by atoms with van der Waals surface area (Å²) in [6.45, 7) is 3.44. The molecule has 3 nitrogen and oxygen atoms in total. The lowest BCUT2D eigenvalue weighted by molar-refractivity contribution is -0.126. The number of hydrogen-bond donors (Lipinski definition) is 1. The highest BCUT2D eigenvalue weighted by Gasteiger charge is 2.10. The minimum absolute atomic E-state index is 0.0415. The van der Waals surface area contributed by atoms with Crippen LogP contribution in [0.3, 0.4) is 0 Å². The topological polar surface area (TPSA) is 46.2 Å². The molecule has 18 heavy (non-hydrogen) atoms. The average Bonchev–Trinajstić information content (AvgIpc) is 2.30. The van der Waals surface area contributed by atoms with Gasteiger partial charge in [0.2, 0.25) is 5.91 Å². The maximum Gasteiger partial charge on any atom is 0.224 e. The van der Waals surface area contributed by atoms with Crippen molar-refractivity contribution in [3.8, 4) is 0 Å². The van der Waals surface area contributed by atoms with Crippen molar-refractivity contribution in [2.45, 2.75) is 20.3 Å². The molecule has 0 spiro atoms. The first kappa shape index (κ1) is 14.3. The van der Waals surface area contributed by atoms with Gasteiger partial charge in [-0.25, -0.2) is 8.78 Å². The zero-order valence-corrected chi connectivity index (χ0v) is 10.3. The van der Waals surface area contributed by atoms with E-state index in [0.29, 0.717) is 5.56 Å². The summed E-state index contributed by atoms with van der Waals surface area (Å²) in [5.41, 5.74) is 0.364. The van der Waals surface area contributed by atoms with Crippen LogP contribution in [-0.2, 0) is 16.0 Å². The SMILES string of the molecule is CC(C)C(=O)CNC(=O)Cc1ccc(F)c(F)c1. The lowest BCUT2D eigenvalue weighted by Crippen LogP contribution is -2.32. The molecular formula is C13H15F2NO2. The summed E-state index contributed by atoms with van der Waals surface area (Å²) in [5, 5.41) is 2.44. The van der Waals surface area contributed by atoms with Gasteiger partial charge in [0.25, 0.3) is 0 Å². The predicted octanol–water partition coefficient (Wildman–Crippen LogP) is 1.85. The molecular weight excluding hydrogens is 240 g/mol. The number of nitrogens with one attached hydrogen (secondary N) is 1. The van der Waals surface area contributed by atoms with E-state index < -0.39 is 17.5 Å². The molecule has 1 rings (SSSR count). The van der Waals surface area contributed by atoms with Crippen LogP contribution in [0.1, 0.15) is 19.4 Å². The van der Waals surface area contributed by atoms with Crippen LogP contribution in [0.2, 0.25) is 0 Å². The minimum atomic E-state index is -0.987. The van der Waals surface area contributed by atoms with Gasteiger partial charge in [-0.2, -0.15) is 0 Å². The van der Waals surface area contributed by atoms with E-state index in [1.807, 2.05) is 0 Å². The highest BCUT2D eigenvalue weighted by Crippen LogP contribution is 2.09. The molecule has 0 radical (unpaired) electrons. The second-order valence-corrected chi connectivity index (χ2v) is 4.32. The number of rotatable bonds is 5. The molecule has 1 aromatic rings. The van der Waals surface area contributed by atoms with E-state index in [2.05, 4.69) is 5.32 Å². The van der Waals surface area contributed by atoms with Crippen LogP contribution in [0.25, 0.3) is 0 Å². The number of ketones is 1. The molecule has 0 saturated heterocycles. The molecule has 0 aliphatic heterocycles. The van der Waals surface area contributed by atoms with Crippen molar-refractivity contribution < 1.29 is 18.4 Å². The van der Waals surface area contributed by atoms with E-state index in [1.165, 1.54) is 6.07 Å². The summed E-state index contributed by atoms with van der Waals surface area (Å²) in [5.74, 6) is -2.55. The highest BCUT2D eigenvalue weighted by atomic mass is 19.2. The van der Waals surface area contributed by atoms with E-state index in [4.69, 9.17) is 0 Å². The molecule has 98 valence electrons. The molecule has 0 fully saturated rings. The first-order valence-corrected chi connectivity index (χ1v) is 5.63. The molecule has 1 aromatic carbocycles. The quantitative estimate of drug-likeness (QED) is 0.872. The number of benzene rings is 1. The number of halogens is 2. The summed E-state index contributed by atoms with van der Waals surface area (Å²) in [4.78, 5) is 22.7.